The van der Waals surface area contributed by atoms with E-state index in [9.17, 15) is 14.7 Å². The number of carboxylic acid groups (broad SMARTS) is 1. The molecular formula is C14H25N3O3. The van der Waals surface area contributed by atoms with Crippen LogP contribution in [0.4, 0.5) is 4.79 Å². The average molecular weight is 283 g/mol. The number of carboxylic acids is 1. The molecule has 114 valence electrons. The van der Waals surface area contributed by atoms with Crippen molar-refractivity contribution in [2.75, 3.05) is 13.1 Å². The first-order chi connectivity index (χ1) is 9.09. The van der Waals surface area contributed by atoms with E-state index in [4.69, 9.17) is 5.26 Å². The fourth-order valence-electron chi connectivity index (χ4n) is 1.76. The quantitative estimate of drug-likeness (QED) is 0.780. The lowest BCUT2D eigenvalue weighted by Crippen LogP contribution is -2.54. The zero-order valence-electron chi connectivity index (χ0n) is 12.9. The summed E-state index contributed by atoms with van der Waals surface area (Å²) in [6, 6.07) is 0.595. The van der Waals surface area contributed by atoms with Crippen LogP contribution in [0.3, 0.4) is 0 Å². The number of hydrogen-bond acceptors (Lipinski definition) is 3. The standard InChI is InChI=1S/C14H25N3O3/c1-10(2)9-17(8-6-7-15)13(20)16-11(12(18)19)14(3,4)5/h10-11H,6,8-9H2,1-5H3,(H,16,20)(H,18,19). The van der Waals surface area contributed by atoms with Gasteiger partial charge in [0.2, 0.25) is 0 Å². The minimum Gasteiger partial charge on any atom is -0.480 e. The lowest BCUT2D eigenvalue weighted by Gasteiger charge is -2.31. The van der Waals surface area contributed by atoms with E-state index in [2.05, 4.69) is 5.32 Å². The van der Waals surface area contributed by atoms with Crippen molar-refractivity contribution >= 4 is 12.0 Å². The highest BCUT2D eigenvalue weighted by atomic mass is 16.4. The molecule has 0 aliphatic heterocycles. The number of amides is 2. The van der Waals surface area contributed by atoms with Gasteiger partial charge < -0.3 is 15.3 Å². The van der Waals surface area contributed by atoms with Gasteiger partial charge in [-0.3, -0.25) is 0 Å². The molecule has 0 fully saturated rings. The maximum absolute atomic E-state index is 12.2. The van der Waals surface area contributed by atoms with Gasteiger partial charge in [0, 0.05) is 13.1 Å². The first-order valence-corrected chi connectivity index (χ1v) is 6.74. The van der Waals surface area contributed by atoms with Crippen molar-refractivity contribution in [3.63, 3.8) is 0 Å². The second-order valence-corrected chi connectivity index (χ2v) is 6.33. The summed E-state index contributed by atoms with van der Waals surface area (Å²) in [7, 11) is 0. The van der Waals surface area contributed by atoms with Crippen molar-refractivity contribution in [1.29, 1.82) is 5.26 Å². The molecular weight excluding hydrogens is 258 g/mol. The highest BCUT2D eigenvalue weighted by molar-refractivity contribution is 5.83. The first-order valence-electron chi connectivity index (χ1n) is 6.74. The van der Waals surface area contributed by atoms with Crippen molar-refractivity contribution in [3.8, 4) is 6.07 Å². The summed E-state index contributed by atoms with van der Waals surface area (Å²) in [6.45, 7) is 9.99. The Morgan fingerprint density at radius 3 is 2.25 bits per heavy atom. The number of carbonyl (C=O) groups is 2. The van der Waals surface area contributed by atoms with Crippen molar-refractivity contribution in [3.05, 3.63) is 0 Å². The van der Waals surface area contributed by atoms with Crippen LogP contribution in [-0.4, -0.2) is 41.1 Å². The Labute approximate surface area is 120 Å². The Morgan fingerprint density at radius 1 is 1.35 bits per heavy atom. The van der Waals surface area contributed by atoms with Gasteiger partial charge in [-0.05, 0) is 11.3 Å². The van der Waals surface area contributed by atoms with Crippen LogP contribution in [0, 0.1) is 22.7 Å². The van der Waals surface area contributed by atoms with Gasteiger partial charge in [0.25, 0.3) is 0 Å². The van der Waals surface area contributed by atoms with E-state index in [1.165, 1.54) is 4.90 Å². The molecule has 6 heteroatoms. The molecule has 0 bridgehead atoms. The summed E-state index contributed by atoms with van der Waals surface area (Å²) in [6.07, 6.45) is 0.230. The highest BCUT2D eigenvalue weighted by Crippen LogP contribution is 2.19. The second-order valence-electron chi connectivity index (χ2n) is 6.33. The molecule has 0 aliphatic carbocycles. The van der Waals surface area contributed by atoms with Crippen molar-refractivity contribution in [2.24, 2.45) is 11.3 Å². The Balaban J connectivity index is 4.88. The van der Waals surface area contributed by atoms with E-state index in [1.807, 2.05) is 19.9 Å². The Morgan fingerprint density at radius 2 is 1.90 bits per heavy atom. The predicted octanol–water partition coefficient (Wildman–Crippen LogP) is 2.07. The molecule has 0 saturated carbocycles. The molecule has 1 unspecified atom stereocenters. The zero-order valence-corrected chi connectivity index (χ0v) is 12.9. The molecule has 0 aromatic heterocycles. The number of rotatable bonds is 6. The number of nitriles is 1. The maximum atomic E-state index is 12.2. The van der Waals surface area contributed by atoms with Gasteiger partial charge in [-0.1, -0.05) is 34.6 Å². The van der Waals surface area contributed by atoms with Gasteiger partial charge in [-0.25, -0.2) is 9.59 Å². The summed E-state index contributed by atoms with van der Waals surface area (Å²) in [5, 5.41) is 20.4. The number of urea groups is 1. The van der Waals surface area contributed by atoms with Gasteiger partial charge in [0.15, 0.2) is 0 Å². The molecule has 0 radical (unpaired) electrons. The van der Waals surface area contributed by atoms with Crippen molar-refractivity contribution < 1.29 is 14.7 Å². The molecule has 0 rings (SSSR count). The Hall–Kier alpha value is -1.77. The summed E-state index contributed by atoms with van der Waals surface area (Å²) >= 11 is 0. The fraction of sp³-hybridized carbons (Fsp3) is 0.786. The van der Waals surface area contributed by atoms with Crippen LogP contribution in [0.15, 0.2) is 0 Å². The van der Waals surface area contributed by atoms with Crippen LogP contribution >= 0.6 is 0 Å². The fourth-order valence-corrected chi connectivity index (χ4v) is 1.76. The lowest BCUT2D eigenvalue weighted by atomic mass is 9.87. The van der Waals surface area contributed by atoms with Crippen LogP contribution in [0.5, 0.6) is 0 Å². The van der Waals surface area contributed by atoms with Crippen LogP contribution in [-0.2, 0) is 4.79 Å². The minimum absolute atomic E-state index is 0.230. The molecule has 0 aliphatic rings. The number of nitrogens with one attached hydrogen (secondary N) is 1. The summed E-state index contributed by atoms with van der Waals surface area (Å²) < 4.78 is 0. The van der Waals surface area contributed by atoms with E-state index < -0.39 is 23.5 Å². The SMILES string of the molecule is CC(C)CN(CCC#N)C(=O)NC(C(=O)O)C(C)(C)C. The number of hydrogen-bond donors (Lipinski definition) is 2. The third kappa shape index (κ3) is 6.41. The second kappa shape index (κ2) is 7.73. The summed E-state index contributed by atoms with van der Waals surface area (Å²) in [4.78, 5) is 24.9. The summed E-state index contributed by atoms with van der Waals surface area (Å²) in [5.74, 6) is -0.812. The molecule has 0 spiro atoms. The summed E-state index contributed by atoms with van der Waals surface area (Å²) in [5.41, 5.74) is -0.583. The van der Waals surface area contributed by atoms with Gasteiger partial charge in [0.05, 0.1) is 12.5 Å². The van der Waals surface area contributed by atoms with E-state index in [1.54, 1.807) is 20.8 Å². The van der Waals surface area contributed by atoms with Crippen LogP contribution in [0.25, 0.3) is 0 Å². The molecule has 0 aromatic rings. The van der Waals surface area contributed by atoms with Crippen molar-refractivity contribution in [1.82, 2.24) is 10.2 Å². The topological polar surface area (TPSA) is 93.4 Å². The van der Waals surface area contributed by atoms with Gasteiger partial charge >= 0.3 is 12.0 Å². The van der Waals surface area contributed by atoms with E-state index in [0.717, 1.165) is 0 Å². The zero-order chi connectivity index (χ0) is 15.9. The first kappa shape index (κ1) is 18.2. The average Bonchev–Trinajstić information content (AvgIpc) is 2.28. The van der Waals surface area contributed by atoms with E-state index in [0.29, 0.717) is 13.1 Å². The van der Waals surface area contributed by atoms with Gasteiger partial charge in [-0.15, -0.1) is 0 Å². The smallest absolute Gasteiger partial charge is 0.326 e. The van der Waals surface area contributed by atoms with E-state index >= 15 is 0 Å². The normalized spacial score (nSPS) is 12.7. The van der Waals surface area contributed by atoms with E-state index in [-0.39, 0.29) is 12.3 Å². The molecule has 1 atom stereocenters. The lowest BCUT2D eigenvalue weighted by molar-refractivity contribution is -0.142. The minimum atomic E-state index is -1.06. The largest absolute Gasteiger partial charge is 0.480 e. The van der Waals surface area contributed by atoms with Gasteiger partial charge in [-0.2, -0.15) is 5.26 Å². The van der Waals surface area contributed by atoms with Crippen molar-refractivity contribution in [2.45, 2.75) is 47.1 Å². The monoisotopic (exact) mass is 283 g/mol. The Kier molecular flexibility index (Phi) is 7.05. The third-order valence-electron chi connectivity index (χ3n) is 2.75. The number of aliphatic carboxylic acids is 1. The molecule has 0 aromatic carbocycles. The number of nitrogens with zero attached hydrogens (tertiary/aromatic N) is 2. The molecule has 2 amide bonds. The molecule has 20 heavy (non-hydrogen) atoms. The van der Waals surface area contributed by atoms with Crippen LogP contribution in [0.2, 0.25) is 0 Å². The molecule has 0 saturated heterocycles. The molecule has 0 heterocycles. The third-order valence-corrected chi connectivity index (χ3v) is 2.75. The van der Waals surface area contributed by atoms with Crippen LogP contribution in [0.1, 0.15) is 41.0 Å². The molecule has 6 nitrogen and oxygen atoms in total. The Bertz CT molecular complexity index is 380. The predicted molar refractivity (Wildman–Crippen MR) is 76.1 cm³/mol. The number of carbonyl (C=O) groups excluding carboxylic acids is 1. The molecule has 2 N–H and O–H groups in total. The maximum Gasteiger partial charge on any atom is 0.326 e. The van der Waals surface area contributed by atoms with Gasteiger partial charge in [0.1, 0.15) is 6.04 Å². The highest BCUT2D eigenvalue weighted by Gasteiger charge is 2.33. The van der Waals surface area contributed by atoms with Crippen LogP contribution < -0.4 is 5.32 Å².